The molecule has 6 nitrogen and oxygen atoms in total. The number of thiophene rings is 1. The Morgan fingerprint density at radius 1 is 1.06 bits per heavy atom. The van der Waals surface area contributed by atoms with E-state index in [1.165, 1.54) is 35.6 Å². The number of nitrogens with one attached hydrogen (secondary N) is 2. The van der Waals surface area contributed by atoms with E-state index in [9.17, 15) is 14.0 Å². The molecule has 0 bridgehead atoms. The maximum atomic E-state index is 13.4. The molecule has 0 fully saturated rings. The molecule has 4 rings (SSSR count). The van der Waals surface area contributed by atoms with E-state index in [-0.39, 0.29) is 11.5 Å². The molecule has 2 amide bonds. The van der Waals surface area contributed by atoms with Gasteiger partial charge < -0.3 is 15.2 Å². The summed E-state index contributed by atoms with van der Waals surface area (Å²) in [6.07, 6.45) is 3.52. The second-order valence-corrected chi connectivity index (χ2v) is 8.35. The number of amides is 2. The molecule has 32 heavy (non-hydrogen) atoms. The fraction of sp³-hybridized carbons (Fsp3) is 0.125. The van der Waals surface area contributed by atoms with Gasteiger partial charge in [-0.1, -0.05) is 36.4 Å². The minimum Gasteiger partial charge on any atom is -0.337 e. The molecule has 2 heterocycles. The van der Waals surface area contributed by atoms with Crippen molar-refractivity contribution in [1.29, 1.82) is 0 Å². The number of benzene rings is 2. The molecule has 1 atom stereocenters. The standard InChI is InChI=1S/C24H21FN4O2S/c1-15-13-19(27-23(30)17-9-6-10-18(25)14-17)32-21(15)24(31)28-20(16-7-4-3-5-8-16)22-26-11-12-29(22)2/h3-14,20H,1-2H3,(H,27,30)(H,28,31). The van der Waals surface area contributed by atoms with Crippen LogP contribution in [0.2, 0.25) is 0 Å². The molecule has 2 N–H and O–H groups in total. The van der Waals surface area contributed by atoms with Crippen molar-refractivity contribution in [2.75, 3.05) is 5.32 Å². The van der Waals surface area contributed by atoms with Crippen molar-refractivity contribution in [1.82, 2.24) is 14.9 Å². The molecule has 0 saturated heterocycles. The number of imidazole rings is 1. The van der Waals surface area contributed by atoms with Crippen LogP contribution in [0.5, 0.6) is 0 Å². The first-order valence-electron chi connectivity index (χ1n) is 9.93. The zero-order valence-corrected chi connectivity index (χ0v) is 18.3. The smallest absolute Gasteiger partial charge is 0.262 e. The monoisotopic (exact) mass is 448 g/mol. The Hall–Kier alpha value is -3.78. The van der Waals surface area contributed by atoms with Crippen molar-refractivity contribution < 1.29 is 14.0 Å². The summed E-state index contributed by atoms with van der Waals surface area (Å²) in [5.74, 6) is -0.483. The van der Waals surface area contributed by atoms with Crippen molar-refractivity contribution >= 4 is 28.2 Å². The molecule has 0 spiro atoms. The van der Waals surface area contributed by atoms with Crippen LogP contribution in [-0.4, -0.2) is 21.4 Å². The topological polar surface area (TPSA) is 76.0 Å². The molecule has 0 aliphatic rings. The third-order valence-electron chi connectivity index (χ3n) is 4.97. The number of aromatic nitrogens is 2. The van der Waals surface area contributed by atoms with Crippen LogP contribution in [0.3, 0.4) is 0 Å². The molecule has 4 aromatic rings. The number of carbonyl (C=O) groups is 2. The number of hydrogen-bond donors (Lipinski definition) is 2. The first-order chi connectivity index (χ1) is 15.4. The number of hydrogen-bond acceptors (Lipinski definition) is 4. The number of carbonyl (C=O) groups excluding carboxylic acids is 2. The molecule has 8 heteroatoms. The molecule has 0 aliphatic carbocycles. The largest absolute Gasteiger partial charge is 0.337 e. The molecule has 0 radical (unpaired) electrons. The van der Waals surface area contributed by atoms with Gasteiger partial charge in [0.05, 0.1) is 9.88 Å². The van der Waals surface area contributed by atoms with Crippen molar-refractivity contribution in [3.8, 4) is 0 Å². The van der Waals surface area contributed by atoms with Gasteiger partial charge >= 0.3 is 0 Å². The van der Waals surface area contributed by atoms with Crippen LogP contribution < -0.4 is 10.6 Å². The van der Waals surface area contributed by atoms with E-state index >= 15 is 0 Å². The number of aryl methyl sites for hydroxylation is 2. The summed E-state index contributed by atoms with van der Waals surface area (Å²) in [4.78, 5) is 30.5. The van der Waals surface area contributed by atoms with E-state index in [2.05, 4.69) is 15.6 Å². The Balaban J connectivity index is 1.56. The Kier molecular flexibility index (Phi) is 6.13. The van der Waals surface area contributed by atoms with Crippen molar-refractivity contribution in [2.45, 2.75) is 13.0 Å². The maximum Gasteiger partial charge on any atom is 0.262 e. The minimum atomic E-state index is -0.485. The normalized spacial score (nSPS) is 11.7. The lowest BCUT2D eigenvalue weighted by Gasteiger charge is -2.19. The number of rotatable bonds is 6. The van der Waals surface area contributed by atoms with Gasteiger partial charge in [0.1, 0.15) is 17.7 Å². The van der Waals surface area contributed by atoms with Gasteiger partial charge in [0.25, 0.3) is 11.8 Å². The summed E-state index contributed by atoms with van der Waals surface area (Å²) in [5.41, 5.74) is 1.85. The Bertz CT molecular complexity index is 1270. The van der Waals surface area contributed by atoms with E-state index in [4.69, 9.17) is 0 Å². The van der Waals surface area contributed by atoms with Crippen LogP contribution in [0.15, 0.2) is 73.1 Å². The van der Waals surface area contributed by atoms with E-state index in [1.807, 2.05) is 55.1 Å². The van der Waals surface area contributed by atoms with E-state index < -0.39 is 17.8 Å². The van der Waals surface area contributed by atoms with Gasteiger partial charge in [-0.3, -0.25) is 9.59 Å². The Morgan fingerprint density at radius 3 is 2.53 bits per heavy atom. The van der Waals surface area contributed by atoms with Gasteiger partial charge in [-0.2, -0.15) is 0 Å². The van der Waals surface area contributed by atoms with Crippen LogP contribution in [0.4, 0.5) is 9.39 Å². The molecular weight excluding hydrogens is 427 g/mol. The van der Waals surface area contributed by atoms with Gasteiger partial charge in [0.2, 0.25) is 0 Å². The van der Waals surface area contributed by atoms with Crippen LogP contribution in [-0.2, 0) is 7.05 Å². The second kappa shape index (κ2) is 9.15. The fourth-order valence-corrected chi connectivity index (χ4v) is 4.35. The van der Waals surface area contributed by atoms with Crippen molar-refractivity contribution in [3.63, 3.8) is 0 Å². The van der Waals surface area contributed by atoms with Crippen LogP contribution in [0.1, 0.15) is 43.0 Å². The third-order valence-corrected chi connectivity index (χ3v) is 6.12. The lowest BCUT2D eigenvalue weighted by Crippen LogP contribution is -2.31. The highest BCUT2D eigenvalue weighted by Crippen LogP contribution is 2.29. The van der Waals surface area contributed by atoms with Crippen LogP contribution >= 0.6 is 11.3 Å². The molecule has 0 aliphatic heterocycles. The van der Waals surface area contributed by atoms with Crippen molar-refractivity contribution in [3.05, 3.63) is 106 Å². The summed E-state index contributed by atoms with van der Waals surface area (Å²) < 4.78 is 15.3. The molecule has 2 aromatic heterocycles. The number of anilines is 1. The van der Waals surface area contributed by atoms with E-state index in [0.29, 0.717) is 15.7 Å². The van der Waals surface area contributed by atoms with Crippen LogP contribution in [0, 0.1) is 12.7 Å². The summed E-state index contributed by atoms with van der Waals surface area (Å²) in [7, 11) is 1.88. The van der Waals surface area contributed by atoms with Crippen LogP contribution in [0.25, 0.3) is 0 Å². The zero-order valence-electron chi connectivity index (χ0n) is 17.5. The van der Waals surface area contributed by atoms with E-state index in [0.717, 1.165) is 11.1 Å². The summed E-state index contributed by atoms with van der Waals surface area (Å²) in [6.45, 7) is 1.81. The van der Waals surface area contributed by atoms with Crippen molar-refractivity contribution in [2.24, 2.45) is 7.05 Å². The summed E-state index contributed by atoms with van der Waals surface area (Å²) in [5, 5.41) is 6.31. The van der Waals surface area contributed by atoms with Gasteiger partial charge in [-0.15, -0.1) is 11.3 Å². The maximum absolute atomic E-state index is 13.4. The average molecular weight is 449 g/mol. The molecule has 1 unspecified atom stereocenters. The molecule has 162 valence electrons. The average Bonchev–Trinajstić information content (AvgIpc) is 3.37. The third kappa shape index (κ3) is 4.60. The summed E-state index contributed by atoms with van der Waals surface area (Å²) >= 11 is 1.17. The van der Waals surface area contributed by atoms with Gasteiger partial charge in [-0.05, 0) is 42.3 Å². The first kappa shape index (κ1) is 21.5. The highest BCUT2D eigenvalue weighted by molar-refractivity contribution is 7.18. The first-order valence-corrected chi connectivity index (χ1v) is 10.7. The lowest BCUT2D eigenvalue weighted by atomic mass is 10.1. The SMILES string of the molecule is Cc1cc(NC(=O)c2cccc(F)c2)sc1C(=O)NC(c1ccccc1)c1nccn1C. The van der Waals surface area contributed by atoms with Gasteiger partial charge in [0, 0.05) is 25.0 Å². The second-order valence-electron chi connectivity index (χ2n) is 7.30. The highest BCUT2D eigenvalue weighted by atomic mass is 32.1. The predicted molar refractivity (Wildman–Crippen MR) is 122 cm³/mol. The zero-order chi connectivity index (χ0) is 22.7. The molecular formula is C24H21FN4O2S. The lowest BCUT2D eigenvalue weighted by molar-refractivity contribution is 0.0944. The van der Waals surface area contributed by atoms with E-state index in [1.54, 1.807) is 12.3 Å². The van der Waals surface area contributed by atoms with Gasteiger partial charge in [0.15, 0.2) is 0 Å². The molecule has 2 aromatic carbocycles. The summed E-state index contributed by atoms with van der Waals surface area (Å²) in [6, 6.07) is 16.4. The Morgan fingerprint density at radius 2 is 1.84 bits per heavy atom. The number of halogens is 1. The quantitative estimate of drug-likeness (QED) is 0.449. The molecule has 0 saturated carbocycles. The predicted octanol–water partition coefficient (Wildman–Crippen LogP) is 4.70. The number of nitrogens with zero attached hydrogens (tertiary/aromatic N) is 2. The fourth-order valence-electron chi connectivity index (χ4n) is 3.38. The minimum absolute atomic E-state index is 0.209. The van der Waals surface area contributed by atoms with Gasteiger partial charge in [-0.25, -0.2) is 9.37 Å². The Labute approximate surface area is 188 Å². The highest BCUT2D eigenvalue weighted by Gasteiger charge is 2.23.